The number of nitrogens with one attached hydrogen (secondary N) is 1. The minimum Gasteiger partial charge on any atom is -0.492 e. The monoisotopic (exact) mass is 236 g/mol. The highest BCUT2D eigenvalue weighted by Gasteiger charge is 2.00. The molecule has 1 amide bonds. The second-order valence-corrected chi connectivity index (χ2v) is 4.13. The fourth-order valence-corrected chi connectivity index (χ4v) is 1.38. The fourth-order valence-electron chi connectivity index (χ4n) is 1.38. The highest BCUT2D eigenvalue weighted by molar-refractivity contribution is 5.77. The lowest BCUT2D eigenvalue weighted by Gasteiger charge is -2.09. The van der Waals surface area contributed by atoms with E-state index in [1.54, 1.807) is 0 Å². The lowest BCUT2D eigenvalue weighted by molar-refractivity contribution is -0.119. The van der Waals surface area contributed by atoms with E-state index >= 15 is 0 Å². The van der Waals surface area contributed by atoms with Crippen LogP contribution in [0, 0.1) is 0 Å². The molecule has 0 aliphatic carbocycles. The van der Waals surface area contributed by atoms with E-state index in [1.807, 2.05) is 12.1 Å². The highest BCUT2D eigenvalue weighted by Crippen LogP contribution is 2.18. The summed E-state index contributed by atoms with van der Waals surface area (Å²) in [7, 11) is 0. The summed E-state index contributed by atoms with van der Waals surface area (Å²) in [5, 5.41) is 2.64. The molecule has 0 unspecified atom stereocenters. The van der Waals surface area contributed by atoms with Gasteiger partial charge in [0, 0.05) is 0 Å². The topological polar surface area (TPSA) is 64.3 Å². The van der Waals surface area contributed by atoms with Crippen LogP contribution >= 0.6 is 0 Å². The maximum Gasteiger partial charge on any atom is 0.233 e. The third-order valence-electron chi connectivity index (χ3n) is 2.43. The van der Waals surface area contributed by atoms with E-state index in [4.69, 9.17) is 10.5 Å². The van der Waals surface area contributed by atoms with Gasteiger partial charge in [-0.05, 0) is 23.6 Å². The Bertz CT molecular complexity index is 347. The molecule has 0 saturated heterocycles. The van der Waals surface area contributed by atoms with Crippen molar-refractivity contribution in [2.45, 2.75) is 19.8 Å². The zero-order valence-corrected chi connectivity index (χ0v) is 10.4. The van der Waals surface area contributed by atoms with Gasteiger partial charge in [-0.15, -0.1) is 0 Å². The largest absolute Gasteiger partial charge is 0.492 e. The number of carbonyl (C=O) groups excluding carboxylic acids is 1. The Hall–Kier alpha value is -1.55. The van der Waals surface area contributed by atoms with Gasteiger partial charge >= 0.3 is 0 Å². The average Bonchev–Trinajstić information content (AvgIpc) is 2.34. The summed E-state index contributed by atoms with van der Waals surface area (Å²) in [6.45, 7) is 5.24. The van der Waals surface area contributed by atoms with Crippen LogP contribution < -0.4 is 15.8 Å². The van der Waals surface area contributed by atoms with E-state index in [-0.39, 0.29) is 12.5 Å². The molecule has 4 heteroatoms. The zero-order chi connectivity index (χ0) is 12.7. The summed E-state index contributed by atoms with van der Waals surface area (Å²) in [5.74, 6) is 1.17. The molecule has 17 heavy (non-hydrogen) atoms. The van der Waals surface area contributed by atoms with Gasteiger partial charge in [0.05, 0.1) is 13.1 Å². The van der Waals surface area contributed by atoms with Gasteiger partial charge in [0.2, 0.25) is 5.91 Å². The Labute approximate surface area is 102 Å². The summed E-state index contributed by atoms with van der Waals surface area (Å²) >= 11 is 0. The van der Waals surface area contributed by atoms with Gasteiger partial charge in [0.25, 0.3) is 0 Å². The van der Waals surface area contributed by atoms with E-state index < -0.39 is 0 Å². The van der Waals surface area contributed by atoms with E-state index in [0.29, 0.717) is 19.1 Å². The summed E-state index contributed by atoms with van der Waals surface area (Å²) in [4.78, 5) is 10.9. The molecular weight excluding hydrogens is 216 g/mol. The van der Waals surface area contributed by atoms with Crippen molar-refractivity contribution in [3.8, 4) is 5.75 Å². The van der Waals surface area contributed by atoms with Crippen LogP contribution in [-0.4, -0.2) is 25.6 Å². The molecule has 0 bridgehead atoms. The molecule has 0 aromatic heterocycles. The second kappa shape index (κ2) is 6.91. The van der Waals surface area contributed by atoms with Gasteiger partial charge < -0.3 is 15.8 Å². The maximum atomic E-state index is 10.9. The van der Waals surface area contributed by atoms with Crippen molar-refractivity contribution in [2.24, 2.45) is 5.73 Å². The van der Waals surface area contributed by atoms with Gasteiger partial charge in [-0.1, -0.05) is 26.0 Å². The predicted octanol–water partition coefficient (Wildman–Crippen LogP) is 1.26. The van der Waals surface area contributed by atoms with Gasteiger partial charge in [0.1, 0.15) is 12.4 Å². The van der Waals surface area contributed by atoms with Crippen LogP contribution in [0.1, 0.15) is 25.3 Å². The van der Waals surface area contributed by atoms with Crippen molar-refractivity contribution < 1.29 is 9.53 Å². The van der Waals surface area contributed by atoms with Crippen LogP contribution in [0.5, 0.6) is 5.75 Å². The van der Waals surface area contributed by atoms with E-state index in [1.165, 1.54) is 5.56 Å². The number of carbonyl (C=O) groups is 1. The molecule has 0 saturated carbocycles. The molecule has 4 nitrogen and oxygen atoms in total. The summed E-state index contributed by atoms with van der Waals surface area (Å²) < 4.78 is 5.48. The van der Waals surface area contributed by atoms with Crippen molar-refractivity contribution in [3.63, 3.8) is 0 Å². The average molecular weight is 236 g/mol. The van der Waals surface area contributed by atoms with Gasteiger partial charge in [-0.3, -0.25) is 4.79 Å². The minimum atomic E-state index is -0.163. The quantitative estimate of drug-likeness (QED) is 0.731. The molecule has 0 atom stereocenters. The molecular formula is C13H20N2O2. The van der Waals surface area contributed by atoms with Crippen LogP contribution in [0.2, 0.25) is 0 Å². The molecule has 94 valence electrons. The molecule has 1 rings (SSSR count). The molecule has 0 aliphatic heterocycles. The Kier molecular flexibility index (Phi) is 5.49. The molecule has 1 aromatic carbocycles. The first kappa shape index (κ1) is 13.5. The lowest BCUT2D eigenvalue weighted by Crippen LogP contribution is -2.33. The van der Waals surface area contributed by atoms with Crippen molar-refractivity contribution in [1.29, 1.82) is 0 Å². The van der Waals surface area contributed by atoms with Crippen molar-refractivity contribution in [1.82, 2.24) is 5.32 Å². The molecule has 3 N–H and O–H groups in total. The van der Waals surface area contributed by atoms with Crippen molar-refractivity contribution in [2.75, 3.05) is 19.7 Å². The number of hydrogen-bond acceptors (Lipinski definition) is 3. The van der Waals surface area contributed by atoms with Crippen LogP contribution in [0.3, 0.4) is 0 Å². The number of nitrogens with two attached hydrogens (primary N) is 1. The highest BCUT2D eigenvalue weighted by atomic mass is 16.5. The first-order chi connectivity index (χ1) is 8.13. The minimum absolute atomic E-state index is 0.0169. The predicted molar refractivity (Wildman–Crippen MR) is 68.1 cm³/mol. The zero-order valence-electron chi connectivity index (χ0n) is 10.4. The van der Waals surface area contributed by atoms with Crippen molar-refractivity contribution >= 4 is 5.91 Å². The van der Waals surface area contributed by atoms with Gasteiger partial charge in [-0.25, -0.2) is 0 Å². The first-order valence-electron chi connectivity index (χ1n) is 5.83. The third kappa shape index (κ3) is 4.87. The third-order valence-corrected chi connectivity index (χ3v) is 2.43. The van der Waals surface area contributed by atoms with E-state index in [2.05, 4.69) is 31.3 Å². The molecule has 0 radical (unpaired) electrons. The van der Waals surface area contributed by atoms with Crippen molar-refractivity contribution in [3.05, 3.63) is 29.8 Å². The molecule has 1 aromatic rings. The second-order valence-electron chi connectivity index (χ2n) is 4.13. The normalized spacial score (nSPS) is 10.4. The number of ether oxygens (including phenoxy) is 1. The lowest BCUT2D eigenvalue weighted by atomic mass is 10.0. The standard InChI is InChI=1S/C13H20N2O2/c1-10(2)11-3-5-12(6-4-11)17-8-7-15-13(16)9-14/h3-6,10H,7-9,14H2,1-2H3,(H,15,16). The molecule has 0 spiro atoms. The van der Waals surface area contributed by atoms with Crippen LogP contribution in [0.15, 0.2) is 24.3 Å². The molecule has 0 heterocycles. The number of hydrogen-bond donors (Lipinski definition) is 2. The Morgan fingerprint density at radius 2 is 2.00 bits per heavy atom. The fraction of sp³-hybridized carbons (Fsp3) is 0.462. The maximum absolute atomic E-state index is 10.9. The van der Waals surface area contributed by atoms with E-state index in [9.17, 15) is 4.79 Å². The summed E-state index contributed by atoms with van der Waals surface area (Å²) in [6.07, 6.45) is 0. The van der Waals surface area contributed by atoms with Crippen LogP contribution in [0.4, 0.5) is 0 Å². The molecule has 0 aliphatic rings. The van der Waals surface area contributed by atoms with Crippen LogP contribution in [-0.2, 0) is 4.79 Å². The van der Waals surface area contributed by atoms with Gasteiger partial charge in [0.15, 0.2) is 0 Å². The summed E-state index contributed by atoms with van der Waals surface area (Å²) in [6, 6.07) is 8.00. The number of amides is 1. The first-order valence-corrected chi connectivity index (χ1v) is 5.83. The Balaban J connectivity index is 2.30. The smallest absolute Gasteiger partial charge is 0.233 e. The summed E-state index contributed by atoms with van der Waals surface area (Å²) in [5.41, 5.74) is 6.44. The molecule has 0 fully saturated rings. The van der Waals surface area contributed by atoms with Gasteiger partial charge in [-0.2, -0.15) is 0 Å². The van der Waals surface area contributed by atoms with E-state index in [0.717, 1.165) is 5.75 Å². The number of benzene rings is 1. The number of rotatable bonds is 6. The Morgan fingerprint density at radius 1 is 1.35 bits per heavy atom. The SMILES string of the molecule is CC(C)c1ccc(OCCNC(=O)CN)cc1. The Morgan fingerprint density at radius 3 is 2.53 bits per heavy atom. The van der Waals surface area contributed by atoms with Crippen LogP contribution in [0.25, 0.3) is 0 Å².